The van der Waals surface area contributed by atoms with Gasteiger partial charge in [-0.05, 0) is 52.7 Å². The number of benzene rings is 1. The van der Waals surface area contributed by atoms with Gasteiger partial charge < -0.3 is 9.88 Å². The molecule has 0 atom stereocenters. The van der Waals surface area contributed by atoms with Crippen molar-refractivity contribution in [3.8, 4) is 6.07 Å². The second kappa shape index (κ2) is 5.74. The maximum absolute atomic E-state index is 8.84. The normalized spacial score (nSPS) is 10.1. The van der Waals surface area contributed by atoms with Gasteiger partial charge in [0.2, 0.25) is 0 Å². The third-order valence-corrected chi connectivity index (χ3v) is 3.42. The van der Waals surface area contributed by atoms with Gasteiger partial charge in [-0.25, -0.2) is 0 Å². The van der Waals surface area contributed by atoms with E-state index in [1.165, 1.54) is 5.56 Å². The largest absolute Gasteiger partial charge is 0.381 e. The first-order chi connectivity index (χ1) is 8.72. The van der Waals surface area contributed by atoms with Gasteiger partial charge in [-0.15, -0.1) is 0 Å². The predicted octanol–water partition coefficient (Wildman–Crippen LogP) is 3.75. The molecule has 92 valence electrons. The third-order valence-electron chi connectivity index (χ3n) is 2.76. The average molecular weight is 304 g/mol. The Kier molecular flexibility index (Phi) is 4.06. The van der Waals surface area contributed by atoms with Crippen molar-refractivity contribution in [2.45, 2.75) is 20.0 Å². The van der Waals surface area contributed by atoms with Crippen molar-refractivity contribution in [2.75, 3.05) is 5.32 Å². The summed E-state index contributed by atoms with van der Waals surface area (Å²) in [6.45, 7) is 3.89. The molecule has 0 saturated carbocycles. The van der Waals surface area contributed by atoms with Crippen LogP contribution in [0.4, 0.5) is 5.69 Å². The zero-order chi connectivity index (χ0) is 13.0. The van der Waals surface area contributed by atoms with Crippen molar-refractivity contribution in [2.24, 2.45) is 0 Å². The molecule has 0 aliphatic carbocycles. The van der Waals surface area contributed by atoms with Crippen LogP contribution in [0.15, 0.2) is 41.1 Å². The second-order valence-electron chi connectivity index (χ2n) is 4.01. The van der Waals surface area contributed by atoms with E-state index < -0.39 is 0 Å². The van der Waals surface area contributed by atoms with Crippen LogP contribution < -0.4 is 5.32 Å². The number of aryl methyl sites for hydroxylation is 1. The van der Waals surface area contributed by atoms with Crippen LogP contribution in [0.25, 0.3) is 0 Å². The standard InChI is InChI=1S/C14H14BrN3/c1-2-18-6-5-11(10-18)9-17-13-4-3-12(8-16)14(15)7-13/h3-7,10,17H,2,9H2,1H3. The van der Waals surface area contributed by atoms with Crippen molar-refractivity contribution in [3.05, 3.63) is 52.3 Å². The van der Waals surface area contributed by atoms with Gasteiger partial charge in [0.05, 0.1) is 5.56 Å². The molecule has 3 nitrogen and oxygen atoms in total. The molecule has 1 heterocycles. The minimum Gasteiger partial charge on any atom is -0.381 e. The van der Waals surface area contributed by atoms with Crippen LogP contribution >= 0.6 is 15.9 Å². The molecular weight excluding hydrogens is 290 g/mol. The molecular formula is C14H14BrN3. The van der Waals surface area contributed by atoms with Crippen LogP contribution in [-0.4, -0.2) is 4.57 Å². The van der Waals surface area contributed by atoms with Crippen molar-refractivity contribution in [3.63, 3.8) is 0 Å². The van der Waals surface area contributed by atoms with E-state index in [-0.39, 0.29) is 0 Å². The molecule has 1 N–H and O–H groups in total. The number of halogens is 1. The fourth-order valence-corrected chi connectivity index (χ4v) is 2.18. The van der Waals surface area contributed by atoms with Crippen LogP contribution in [0.1, 0.15) is 18.1 Å². The molecule has 1 aromatic carbocycles. The Hall–Kier alpha value is -1.73. The molecule has 4 heteroatoms. The average Bonchev–Trinajstić information content (AvgIpc) is 2.84. The Morgan fingerprint density at radius 1 is 1.39 bits per heavy atom. The quantitative estimate of drug-likeness (QED) is 0.934. The second-order valence-corrected chi connectivity index (χ2v) is 4.86. The lowest BCUT2D eigenvalue weighted by Crippen LogP contribution is -1.98. The van der Waals surface area contributed by atoms with Gasteiger partial charge in [-0.3, -0.25) is 0 Å². The molecule has 2 aromatic rings. The summed E-state index contributed by atoms with van der Waals surface area (Å²) in [5, 5.41) is 12.2. The van der Waals surface area contributed by atoms with Crippen LogP contribution in [0.2, 0.25) is 0 Å². The Bertz CT molecular complexity index is 581. The highest BCUT2D eigenvalue weighted by Gasteiger charge is 2.01. The number of aromatic nitrogens is 1. The predicted molar refractivity (Wildman–Crippen MR) is 76.3 cm³/mol. The van der Waals surface area contributed by atoms with Crippen LogP contribution in [0.5, 0.6) is 0 Å². The number of nitrogens with zero attached hydrogens (tertiary/aromatic N) is 2. The maximum atomic E-state index is 8.84. The summed E-state index contributed by atoms with van der Waals surface area (Å²) in [4.78, 5) is 0. The molecule has 0 amide bonds. The number of rotatable bonds is 4. The summed E-state index contributed by atoms with van der Waals surface area (Å²) in [6.07, 6.45) is 4.21. The molecule has 2 rings (SSSR count). The molecule has 0 bridgehead atoms. The summed E-state index contributed by atoms with van der Waals surface area (Å²) in [6, 6.07) is 9.89. The van der Waals surface area contributed by atoms with Gasteiger partial charge in [0, 0.05) is 35.6 Å². The minimum absolute atomic E-state index is 0.651. The van der Waals surface area contributed by atoms with E-state index in [0.29, 0.717) is 5.56 Å². The third kappa shape index (κ3) is 2.93. The van der Waals surface area contributed by atoms with E-state index in [1.54, 1.807) is 0 Å². The van der Waals surface area contributed by atoms with E-state index in [9.17, 15) is 0 Å². The highest BCUT2D eigenvalue weighted by Crippen LogP contribution is 2.21. The molecule has 0 saturated heterocycles. The Balaban J connectivity index is 2.02. The van der Waals surface area contributed by atoms with Crippen molar-refractivity contribution < 1.29 is 0 Å². The molecule has 0 fully saturated rings. The lowest BCUT2D eigenvalue weighted by atomic mass is 10.2. The van der Waals surface area contributed by atoms with Crippen molar-refractivity contribution in [1.82, 2.24) is 4.57 Å². The minimum atomic E-state index is 0.651. The molecule has 18 heavy (non-hydrogen) atoms. The number of hydrogen-bond acceptors (Lipinski definition) is 2. The summed E-state index contributed by atoms with van der Waals surface area (Å²) < 4.78 is 2.97. The van der Waals surface area contributed by atoms with Crippen LogP contribution in [0.3, 0.4) is 0 Å². The van der Waals surface area contributed by atoms with E-state index in [2.05, 4.69) is 57.3 Å². The fraction of sp³-hybridized carbons (Fsp3) is 0.214. The molecule has 1 aromatic heterocycles. The summed E-state index contributed by atoms with van der Waals surface area (Å²) in [5.74, 6) is 0. The lowest BCUT2D eigenvalue weighted by Gasteiger charge is -2.06. The lowest BCUT2D eigenvalue weighted by molar-refractivity contribution is 0.766. The van der Waals surface area contributed by atoms with Gasteiger partial charge in [0.1, 0.15) is 6.07 Å². The van der Waals surface area contributed by atoms with Gasteiger partial charge in [0.15, 0.2) is 0 Å². The zero-order valence-corrected chi connectivity index (χ0v) is 11.7. The first kappa shape index (κ1) is 12.7. The number of anilines is 1. The number of nitrogens with one attached hydrogen (secondary N) is 1. The smallest absolute Gasteiger partial charge is 0.100 e. The number of hydrogen-bond donors (Lipinski definition) is 1. The summed E-state index contributed by atoms with van der Waals surface area (Å²) in [7, 11) is 0. The Labute approximate surface area is 115 Å². The Morgan fingerprint density at radius 2 is 2.22 bits per heavy atom. The topological polar surface area (TPSA) is 40.8 Å². The van der Waals surface area contributed by atoms with E-state index >= 15 is 0 Å². The van der Waals surface area contributed by atoms with Crippen molar-refractivity contribution in [1.29, 1.82) is 5.26 Å². The summed E-state index contributed by atoms with van der Waals surface area (Å²) in [5.41, 5.74) is 2.90. The Morgan fingerprint density at radius 3 is 2.83 bits per heavy atom. The number of nitriles is 1. The summed E-state index contributed by atoms with van der Waals surface area (Å²) >= 11 is 3.38. The van der Waals surface area contributed by atoms with Gasteiger partial charge in [-0.1, -0.05) is 0 Å². The first-order valence-corrected chi connectivity index (χ1v) is 6.60. The van der Waals surface area contributed by atoms with Gasteiger partial charge >= 0.3 is 0 Å². The molecule has 0 aliphatic rings. The van der Waals surface area contributed by atoms with Crippen molar-refractivity contribution >= 4 is 21.6 Å². The van der Waals surface area contributed by atoms with Gasteiger partial charge in [0.25, 0.3) is 0 Å². The maximum Gasteiger partial charge on any atom is 0.100 e. The molecule has 0 spiro atoms. The van der Waals surface area contributed by atoms with E-state index in [4.69, 9.17) is 5.26 Å². The van der Waals surface area contributed by atoms with E-state index in [1.807, 2.05) is 18.2 Å². The molecule has 0 unspecified atom stereocenters. The zero-order valence-electron chi connectivity index (χ0n) is 10.2. The van der Waals surface area contributed by atoms with Crippen LogP contribution in [0, 0.1) is 11.3 Å². The molecule has 0 aliphatic heterocycles. The SMILES string of the molecule is CCn1ccc(CNc2ccc(C#N)c(Br)c2)c1. The van der Waals surface area contributed by atoms with Crippen LogP contribution in [-0.2, 0) is 13.1 Å². The van der Waals surface area contributed by atoms with E-state index in [0.717, 1.165) is 23.2 Å². The first-order valence-electron chi connectivity index (χ1n) is 5.81. The molecule has 0 radical (unpaired) electrons. The fourth-order valence-electron chi connectivity index (χ4n) is 1.71. The monoisotopic (exact) mass is 303 g/mol. The van der Waals surface area contributed by atoms with Gasteiger partial charge in [-0.2, -0.15) is 5.26 Å². The highest BCUT2D eigenvalue weighted by atomic mass is 79.9. The highest BCUT2D eigenvalue weighted by molar-refractivity contribution is 9.10.